The Morgan fingerprint density at radius 3 is 2.57 bits per heavy atom. The van der Waals surface area contributed by atoms with Crippen molar-refractivity contribution in [2.45, 2.75) is 25.9 Å². The predicted molar refractivity (Wildman–Crippen MR) is 50.6 cm³/mol. The molecule has 0 spiro atoms. The molecule has 0 N–H and O–H groups in total. The van der Waals surface area contributed by atoms with E-state index in [1.807, 2.05) is 6.92 Å². The third-order valence-corrected chi connectivity index (χ3v) is 1.54. The van der Waals surface area contributed by atoms with Crippen LogP contribution in [-0.4, -0.2) is 38.0 Å². The minimum absolute atomic E-state index is 0.0639. The zero-order chi connectivity index (χ0) is 10.6. The molecular formula is C9H14N2O3. The molecule has 5 nitrogen and oxygen atoms in total. The molecule has 0 amide bonds. The molecule has 0 aromatic carbocycles. The number of hydrogen-bond donors (Lipinski definition) is 0. The Morgan fingerprint density at radius 1 is 1.21 bits per heavy atom. The van der Waals surface area contributed by atoms with E-state index >= 15 is 0 Å². The van der Waals surface area contributed by atoms with E-state index in [2.05, 4.69) is 9.98 Å². The quantitative estimate of drug-likeness (QED) is 0.330. The maximum absolute atomic E-state index is 9.76. The highest BCUT2D eigenvalue weighted by Gasteiger charge is 1.99. The van der Waals surface area contributed by atoms with Crippen molar-refractivity contribution in [2.24, 2.45) is 9.98 Å². The molecule has 0 saturated carbocycles. The van der Waals surface area contributed by atoms with E-state index in [9.17, 15) is 9.59 Å². The lowest BCUT2D eigenvalue weighted by Crippen LogP contribution is -2.12. The summed E-state index contributed by atoms with van der Waals surface area (Å²) in [5.41, 5.74) is 0. The standard InChI is InChI=1S/C9H14N2O3/c1-9(6-11-8-13)14-5-3-2-4-10-7-12/h9H,2-6H2,1H3. The molecule has 0 aromatic rings. The van der Waals surface area contributed by atoms with Crippen LogP contribution in [0.1, 0.15) is 19.8 Å². The molecule has 5 heteroatoms. The van der Waals surface area contributed by atoms with E-state index < -0.39 is 0 Å². The van der Waals surface area contributed by atoms with Crippen LogP contribution in [0.25, 0.3) is 0 Å². The smallest absolute Gasteiger partial charge is 0.235 e. The summed E-state index contributed by atoms with van der Waals surface area (Å²) in [5, 5.41) is 0. The number of unbranched alkanes of at least 4 members (excludes halogenated alkanes) is 1. The van der Waals surface area contributed by atoms with Crippen molar-refractivity contribution in [3.63, 3.8) is 0 Å². The van der Waals surface area contributed by atoms with Gasteiger partial charge in [-0.2, -0.15) is 0 Å². The highest BCUT2D eigenvalue weighted by molar-refractivity contribution is 5.33. The minimum Gasteiger partial charge on any atom is -0.377 e. The first-order valence-corrected chi connectivity index (χ1v) is 4.50. The summed E-state index contributed by atoms with van der Waals surface area (Å²) in [6.45, 7) is 3.26. The Kier molecular flexibility index (Phi) is 8.91. The summed E-state index contributed by atoms with van der Waals surface area (Å²) in [6.07, 6.45) is 4.50. The number of aliphatic imine (C=N–C) groups is 2. The first kappa shape index (κ1) is 12.7. The Hall–Kier alpha value is -1.28. The molecule has 0 fully saturated rings. The molecular weight excluding hydrogens is 184 g/mol. The molecule has 14 heavy (non-hydrogen) atoms. The molecule has 1 unspecified atom stereocenters. The number of nitrogens with zero attached hydrogens (tertiary/aromatic N) is 2. The largest absolute Gasteiger partial charge is 0.377 e. The molecule has 0 bridgehead atoms. The third-order valence-electron chi connectivity index (χ3n) is 1.54. The van der Waals surface area contributed by atoms with Crippen LogP contribution < -0.4 is 0 Å². The number of rotatable bonds is 8. The molecule has 0 radical (unpaired) electrons. The van der Waals surface area contributed by atoms with E-state index in [1.165, 1.54) is 12.2 Å². The van der Waals surface area contributed by atoms with Gasteiger partial charge in [0.25, 0.3) is 0 Å². The number of carbonyl (C=O) groups excluding carboxylic acids is 2. The second kappa shape index (κ2) is 9.81. The van der Waals surface area contributed by atoms with Gasteiger partial charge in [0.1, 0.15) is 0 Å². The molecule has 78 valence electrons. The second-order valence-electron chi connectivity index (χ2n) is 2.79. The van der Waals surface area contributed by atoms with Gasteiger partial charge >= 0.3 is 0 Å². The van der Waals surface area contributed by atoms with Crippen molar-refractivity contribution in [1.82, 2.24) is 0 Å². The molecule has 0 aliphatic carbocycles. The summed E-state index contributed by atoms with van der Waals surface area (Å²) in [6, 6.07) is 0. The van der Waals surface area contributed by atoms with E-state index in [-0.39, 0.29) is 6.10 Å². The molecule has 0 aliphatic heterocycles. The van der Waals surface area contributed by atoms with Crippen molar-refractivity contribution in [1.29, 1.82) is 0 Å². The van der Waals surface area contributed by atoms with Gasteiger partial charge in [-0.1, -0.05) is 0 Å². The van der Waals surface area contributed by atoms with Crippen LogP contribution in [-0.2, 0) is 14.3 Å². The van der Waals surface area contributed by atoms with Crippen molar-refractivity contribution in [2.75, 3.05) is 19.7 Å². The average Bonchev–Trinajstić information content (AvgIpc) is 2.20. The van der Waals surface area contributed by atoms with Crippen LogP contribution in [0.2, 0.25) is 0 Å². The molecule has 0 aromatic heterocycles. The lowest BCUT2D eigenvalue weighted by molar-refractivity contribution is 0.0699. The Bertz CT molecular complexity index is 230. The van der Waals surface area contributed by atoms with Gasteiger partial charge in [-0.05, 0) is 19.8 Å². The molecule has 0 rings (SSSR count). The van der Waals surface area contributed by atoms with E-state index in [4.69, 9.17) is 4.74 Å². The minimum atomic E-state index is -0.0639. The number of isocyanates is 2. The zero-order valence-electron chi connectivity index (χ0n) is 8.23. The van der Waals surface area contributed by atoms with Crippen molar-refractivity contribution in [3.8, 4) is 0 Å². The highest BCUT2D eigenvalue weighted by atomic mass is 16.5. The van der Waals surface area contributed by atoms with Gasteiger partial charge in [0.05, 0.1) is 19.2 Å². The fourth-order valence-electron chi connectivity index (χ4n) is 0.842. The first-order chi connectivity index (χ1) is 6.81. The summed E-state index contributed by atoms with van der Waals surface area (Å²) in [4.78, 5) is 26.3. The van der Waals surface area contributed by atoms with Crippen LogP contribution in [0, 0.1) is 0 Å². The maximum Gasteiger partial charge on any atom is 0.235 e. The van der Waals surface area contributed by atoms with Crippen molar-refractivity contribution in [3.05, 3.63) is 0 Å². The van der Waals surface area contributed by atoms with Gasteiger partial charge in [-0.3, -0.25) is 0 Å². The Balaban J connectivity index is 3.26. The van der Waals surface area contributed by atoms with Crippen LogP contribution in [0.3, 0.4) is 0 Å². The van der Waals surface area contributed by atoms with Crippen LogP contribution in [0.5, 0.6) is 0 Å². The van der Waals surface area contributed by atoms with E-state index in [1.54, 1.807) is 0 Å². The van der Waals surface area contributed by atoms with Crippen molar-refractivity contribution >= 4 is 12.2 Å². The summed E-state index contributed by atoms with van der Waals surface area (Å²) < 4.78 is 5.31. The summed E-state index contributed by atoms with van der Waals surface area (Å²) in [7, 11) is 0. The van der Waals surface area contributed by atoms with Gasteiger partial charge in [-0.15, -0.1) is 0 Å². The number of hydrogen-bond acceptors (Lipinski definition) is 5. The van der Waals surface area contributed by atoms with Gasteiger partial charge in [-0.25, -0.2) is 19.6 Å². The lowest BCUT2D eigenvalue weighted by Gasteiger charge is -2.08. The topological polar surface area (TPSA) is 68.1 Å². The van der Waals surface area contributed by atoms with Gasteiger partial charge in [0.15, 0.2) is 0 Å². The molecule has 0 saturated heterocycles. The Labute approximate surface area is 82.9 Å². The molecule has 0 aliphatic rings. The van der Waals surface area contributed by atoms with Gasteiger partial charge < -0.3 is 4.74 Å². The lowest BCUT2D eigenvalue weighted by atomic mass is 10.3. The van der Waals surface area contributed by atoms with Crippen LogP contribution in [0.15, 0.2) is 9.98 Å². The third kappa shape index (κ3) is 8.81. The fraction of sp³-hybridized carbons (Fsp3) is 0.778. The summed E-state index contributed by atoms with van der Waals surface area (Å²) >= 11 is 0. The normalized spacial score (nSPS) is 11.2. The molecule has 0 heterocycles. The highest BCUT2D eigenvalue weighted by Crippen LogP contribution is 1.96. The van der Waals surface area contributed by atoms with E-state index in [0.717, 1.165) is 12.8 Å². The van der Waals surface area contributed by atoms with Crippen LogP contribution >= 0.6 is 0 Å². The summed E-state index contributed by atoms with van der Waals surface area (Å²) in [5.74, 6) is 0. The predicted octanol–water partition coefficient (Wildman–Crippen LogP) is 0.843. The fourth-order valence-corrected chi connectivity index (χ4v) is 0.842. The maximum atomic E-state index is 9.76. The molecule has 1 atom stereocenters. The average molecular weight is 198 g/mol. The van der Waals surface area contributed by atoms with Crippen LogP contribution in [0.4, 0.5) is 0 Å². The SMILES string of the molecule is CC(CN=C=O)OCCCCN=C=O. The number of ether oxygens (including phenoxy) is 1. The second-order valence-corrected chi connectivity index (χ2v) is 2.79. The monoisotopic (exact) mass is 198 g/mol. The van der Waals surface area contributed by atoms with Gasteiger partial charge in [0.2, 0.25) is 12.2 Å². The van der Waals surface area contributed by atoms with Crippen molar-refractivity contribution < 1.29 is 14.3 Å². The first-order valence-electron chi connectivity index (χ1n) is 4.50. The van der Waals surface area contributed by atoms with E-state index in [0.29, 0.717) is 19.7 Å². The Morgan fingerprint density at radius 2 is 1.93 bits per heavy atom. The zero-order valence-corrected chi connectivity index (χ0v) is 8.23. The van der Waals surface area contributed by atoms with Gasteiger partial charge in [0, 0.05) is 6.61 Å².